The molecule has 0 atom stereocenters. The first kappa shape index (κ1) is 9.33. The predicted octanol–water partition coefficient (Wildman–Crippen LogP) is -0.437. The molecular weight excluding hydrogens is 213 g/mol. The Kier molecular flexibility index (Phi) is 3.19. The third-order valence-corrected chi connectivity index (χ3v) is 1.95. The largest absolute Gasteiger partial charge is 1.00 e. The summed E-state index contributed by atoms with van der Waals surface area (Å²) >= 11 is 3.39. The van der Waals surface area contributed by atoms with Crippen LogP contribution in [0.2, 0.25) is 0 Å². The summed E-state index contributed by atoms with van der Waals surface area (Å²) in [5.74, 6) is 0. The van der Waals surface area contributed by atoms with Crippen LogP contribution in [0.15, 0.2) is 34.9 Å². The molecule has 0 spiro atoms. The van der Waals surface area contributed by atoms with Gasteiger partial charge < -0.3 is 4.98 Å². The summed E-state index contributed by atoms with van der Waals surface area (Å²) in [6, 6.07) is 8.05. The quantitative estimate of drug-likeness (QED) is 0.547. The van der Waals surface area contributed by atoms with Gasteiger partial charge in [-0.05, 0) is 17.5 Å². The van der Waals surface area contributed by atoms with Crippen LogP contribution < -0.4 is 34.5 Å². The summed E-state index contributed by atoms with van der Waals surface area (Å²) in [6.45, 7) is 0. The van der Waals surface area contributed by atoms with E-state index < -0.39 is 0 Å². The first-order valence-corrected chi connectivity index (χ1v) is 3.82. The average molecular weight is 218 g/mol. The Hall–Kier alpha value is 0.240. The van der Waals surface area contributed by atoms with E-state index in [1.165, 1.54) is 5.39 Å². The number of hydrogen-bond acceptors (Lipinski definition) is 0. The van der Waals surface area contributed by atoms with Crippen molar-refractivity contribution < 1.29 is 29.6 Å². The number of fused-ring (bicyclic) bond motifs is 1. The van der Waals surface area contributed by atoms with Gasteiger partial charge in [0.05, 0.1) is 0 Å². The summed E-state index contributed by atoms with van der Waals surface area (Å²) in [7, 11) is 0. The average Bonchev–Trinajstić information content (AvgIpc) is 2.33. The van der Waals surface area contributed by atoms with Crippen molar-refractivity contribution in [3.8, 4) is 0 Å². The summed E-state index contributed by atoms with van der Waals surface area (Å²) in [6.07, 6.45) is 1.82. The molecule has 0 aliphatic carbocycles. The summed E-state index contributed by atoms with van der Waals surface area (Å²) in [5, 5.41) is 1.19. The molecule has 0 unspecified atom stereocenters. The maximum absolute atomic E-state index is 4.14. The molecule has 0 saturated carbocycles. The minimum absolute atomic E-state index is 0. The van der Waals surface area contributed by atoms with Crippen LogP contribution >= 0.6 is 15.9 Å². The van der Waals surface area contributed by atoms with Crippen molar-refractivity contribution in [2.75, 3.05) is 0 Å². The molecule has 1 nitrogen and oxygen atoms in total. The van der Waals surface area contributed by atoms with Crippen LogP contribution in [0.4, 0.5) is 0 Å². The number of benzene rings is 1. The topological polar surface area (TPSA) is 14.1 Å². The normalized spacial score (nSPS) is 9.55. The van der Waals surface area contributed by atoms with E-state index in [0.717, 1.165) is 9.99 Å². The molecular formula is C8H5BrNNa. The fraction of sp³-hybridized carbons (Fsp3) is 0. The van der Waals surface area contributed by atoms with E-state index in [1.54, 1.807) is 0 Å². The molecule has 0 aliphatic rings. The molecule has 3 heteroatoms. The van der Waals surface area contributed by atoms with Gasteiger partial charge in [-0.3, -0.25) is 0 Å². The van der Waals surface area contributed by atoms with Crippen LogP contribution in [0.3, 0.4) is 0 Å². The second-order valence-electron chi connectivity index (χ2n) is 2.15. The zero-order valence-electron chi connectivity index (χ0n) is 6.21. The van der Waals surface area contributed by atoms with Crippen molar-refractivity contribution in [2.24, 2.45) is 0 Å². The summed E-state index contributed by atoms with van der Waals surface area (Å²) in [4.78, 5) is 4.14. The van der Waals surface area contributed by atoms with Crippen LogP contribution in [-0.4, -0.2) is 0 Å². The standard InChI is InChI=1S/C8H5BrN.Na/c9-7-1-2-8-6(5-7)3-4-10-8;/h1-5H;/q-1;+1. The first-order valence-electron chi connectivity index (χ1n) is 3.03. The summed E-state index contributed by atoms with van der Waals surface area (Å²) < 4.78 is 1.10. The fourth-order valence-electron chi connectivity index (χ4n) is 0.974. The Morgan fingerprint density at radius 1 is 1.18 bits per heavy atom. The number of hydrogen-bond donors (Lipinski definition) is 0. The number of aromatic nitrogens is 1. The minimum atomic E-state index is 0. The molecule has 2 rings (SSSR count). The summed E-state index contributed by atoms with van der Waals surface area (Å²) in [5.41, 5.74) is 1.06. The SMILES string of the molecule is Brc1ccc2[n-]ccc2c1.[Na+]. The third kappa shape index (κ3) is 1.88. The van der Waals surface area contributed by atoms with E-state index in [2.05, 4.69) is 27.0 Å². The van der Waals surface area contributed by atoms with E-state index in [-0.39, 0.29) is 29.6 Å². The van der Waals surface area contributed by atoms with Crippen molar-refractivity contribution in [1.82, 2.24) is 4.98 Å². The van der Waals surface area contributed by atoms with Crippen LogP contribution in [0.25, 0.3) is 10.9 Å². The maximum Gasteiger partial charge on any atom is 1.00 e. The molecule has 1 aromatic heterocycles. The second-order valence-corrected chi connectivity index (χ2v) is 3.06. The molecule has 0 aliphatic heterocycles. The molecule has 50 valence electrons. The predicted molar refractivity (Wildman–Crippen MR) is 45.0 cm³/mol. The monoisotopic (exact) mass is 217 g/mol. The van der Waals surface area contributed by atoms with E-state index in [4.69, 9.17) is 0 Å². The number of halogens is 1. The molecule has 0 amide bonds. The Morgan fingerprint density at radius 2 is 2.00 bits per heavy atom. The zero-order chi connectivity index (χ0) is 6.97. The molecule has 0 bridgehead atoms. The van der Waals surface area contributed by atoms with Crippen LogP contribution in [0, 0.1) is 0 Å². The van der Waals surface area contributed by atoms with Gasteiger partial charge in [0, 0.05) is 4.47 Å². The third-order valence-electron chi connectivity index (χ3n) is 1.46. The Labute approximate surface area is 95.6 Å². The molecule has 0 fully saturated rings. The van der Waals surface area contributed by atoms with Crippen LogP contribution in [0.5, 0.6) is 0 Å². The maximum atomic E-state index is 4.14. The van der Waals surface area contributed by atoms with Gasteiger partial charge in [0.25, 0.3) is 0 Å². The van der Waals surface area contributed by atoms with Crippen molar-refractivity contribution >= 4 is 26.8 Å². The Morgan fingerprint density at radius 3 is 2.82 bits per heavy atom. The van der Waals surface area contributed by atoms with Crippen LogP contribution in [0.1, 0.15) is 0 Å². The van der Waals surface area contributed by atoms with Crippen molar-refractivity contribution in [3.63, 3.8) is 0 Å². The minimum Gasteiger partial charge on any atom is -0.664 e. The van der Waals surface area contributed by atoms with E-state index >= 15 is 0 Å². The van der Waals surface area contributed by atoms with Gasteiger partial charge in [-0.15, -0.1) is 5.52 Å². The van der Waals surface area contributed by atoms with E-state index in [0.29, 0.717) is 0 Å². The molecule has 11 heavy (non-hydrogen) atoms. The number of rotatable bonds is 0. The molecule has 1 heterocycles. The van der Waals surface area contributed by atoms with Gasteiger partial charge in [-0.1, -0.05) is 28.1 Å². The van der Waals surface area contributed by atoms with Crippen molar-refractivity contribution in [1.29, 1.82) is 0 Å². The Balaban J connectivity index is 0.000000605. The molecule has 0 N–H and O–H groups in total. The smallest absolute Gasteiger partial charge is 0.664 e. The fourth-order valence-corrected chi connectivity index (χ4v) is 1.35. The molecule has 1 aromatic carbocycles. The van der Waals surface area contributed by atoms with Gasteiger partial charge in [-0.2, -0.15) is 6.20 Å². The number of nitrogens with zero attached hydrogens (tertiary/aromatic N) is 1. The van der Waals surface area contributed by atoms with Crippen LogP contribution in [-0.2, 0) is 0 Å². The Bertz CT molecular complexity index is 356. The second kappa shape index (κ2) is 3.76. The van der Waals surface area contributed by atoms with Crippen molar-refractivity contribution in [2.45, 2.75) is 0 Å². The van der Waals surface area contributed by atoms with E-state index in [1.807, 2.05) is 24.4 Å². The molecule has 2 aromatic rings. The molecule has 0 saturated heterocycles. The van der Waals surface area contributed by atoms with Gasteiger partial charge in [-0.25, -0.2) is 0 Å². The zero-order valence-corrected chi connectivity index (χ0v) is 9.80. The van der Waals surface area contributed by atoms with E-state index in [9.17, 15) is 0 Å². The van der Waals surface area contributed by atoms with Gasteiger partial charge in [0.15, 0.2) is 0 Å². The molecule has 0 radical (unpaired) electrons. The van der Waals surface area contributed by atoms with Crippen molar-refractivity contribution in [3.05, 3.63) is 34.9 Å². The van der Waals surface area contributed by atoms with Gasteiger partial charge in [0.2, 0.25) is 0 Å². The first-order chi connectivity index (χ1) is 4.86. The van der Waals surface area contributed by atoms with Gasteiger partial charge in [0.1, 0.15) is 0 Å². The van der Waals surface area contributed by atoms with Gasteiger partial charge >= 0.3 is 29.6 Å².